The van der Waals surface area contributed by atoms with Gasteiger partial charge < -0.3 is 14.8 Å². The average molecular weight is 440 g/mol. The first kappa shape index (κ1) is 22.0. The number of rotatable bonds is 8. The van der Waals surface area contributed by atoms with Crippen molar-refractivity contribution in [1.82, 2.24) is 14.9 Å². The maximum Gasteiger partial charge on any atom is 0.316 e. The lowest BCUT2D eigenvalue weighted by molar-refractivity contribution is -0.120. The van der Waals surface area contributed by atoms with E-state index in [1.807, 2.05) is 0 Å². The zero-order valence-corrected chi connectivity index (χ0v) is 17.9. The number of allylic oxidation sites excluding steroid dienone is 1. The molecule has 8 nitrogen and oxygen atoms in total. The first-order valence-corrected chi connectivity index (χ1v) is 10.6. The monoisotopic (exact) mass is 440 g/mol. The second-order valence-corrected chi connectivity index (χ2v) is 7.71. The van der Waals surface area contributed by atoms with Gasteiger partial charge in [-0.05, 0) is 34.9 Å². The molecule has 2 heterocycles. The van der Waals surface area contributed by atoms with Crippen molar-refractivity contribution in [2.45, 2.75) is 12.8 Å². The lowest BCUT2D eigenvalue weighted by Crippen LogP contribution is -2.38. The van der Waals surface area contributed by atoms with Crippen LogP contribution in [-0.4, -0.2) is 72.9 Å². The van der Waals surface area contributed by atoms with E-state index in [2.05, 4.69) is 20.2 Å². The molecule has 9 heteroatoms. The van der Waals surface area contributed by atoms with Gasteiger partial charge in [0.25, 0.3) is 0 Å². The molecule has 1 aliphatic carbocycles. The summed E-state index contributed by atoms with van der Waals surface area (Å²) in [6.45, 7) is 4.45. The number of Topliss-reactive ketones (excluding diaryl/α,β-unsaturated/α-hetero) is 2. The van der Waals surface area contributed by atoms with E-state index in [4.69, 9.17) is 9.47 Å². The Morgan fingerprint density at radius 1 is 1.25 bits per heavy atom. The quantitative estimate of drug-likeness (QED) is 0.620. The number of hydrogen-bond acceptors (Lipinski definition) is 8. The fraction of sp³-hybridized carbons (Fsp3) is 0.391. The number of nitrogens with zero attached hydrogens (tertiary/aromatic N) is 3. The van der Waals surface area contributed by atoms with Crippen molar-refractivity contribution >= 4 is 23.3 Å². The van der Waals surface area contributed by atoms with Gasteiger partial charge in [0.15, 0.2) is 11.6 Å². The molecule has 0 bridgehead atoms. The van der Waals surface area contributed by atoms with Gasteiger partial charge in [0.1, 0.15) is 12.4 Å². The number of carbonyl (C=O) groups excluding carboxylic acids is 2. The maximum atomic E-state index is 13.9. The van der Waals surface area contributed by atoms with Gasteiger partial charge in [-0.25, -0.2) is 14.4 Å². The summed E-state index contributed by atoms with van der Waals surface area (Å²) in [5.41, 5.74) is 2.42. The molecule has 32 heavy (non-hydrogen) atoms. The summed E-state index contributed by atoms with van der Waals surface area (Å²) >= 11 is 0. The third-order valence-corrected chi connectivity index (χ3v) is 5.55. The number of ether oxygens (including phenoxy) is 2. The number of carbonyl (C=O) groups is 2. The minimum absolute atomic E-state index is 0.0187. The fourth-order valence-electron chi connectivity index (χ4n) is 3.81. The largest absolute Gasteiger partial charge is 0.462 e. The molecule has 1 aliphatic heterocycles. The number of fused-ring (bicyclic) bond motifs is 1. The molecule has 0 radical (unpaired) electrons. The highest BCUT2D eigenvalue weighted by Gasteiger charge is 2.26. The van der Waals surface area contributed by atoms with E-state index in [0.717, 1.165) is 32.8 Å². The Kier molecular flexibility index (Phi) is 6.87. The van der Waals surface area contributed by atoms with Crippen LogP contribution in [0.3, 0.4) is 0 Å². The Morgan fingerprint density at radius 3 is 2.72 bits per heavy atom. The molecule has 0 saturated carbocycles. The molecular formula is C23H25FN4O4. The van der Waals surface area contributed by atoms with Crippen molar-refractivity contribution in [2.24, 2.45) is 0 Å². The number of anilines is 1. The molecule has 1 aromatic carbocycles. The maximum absolute atomic E-state index is 13.9. The molecular weight excluding hydrogens is 415 g/mol. The topological polar surface area (TPSA) is 93.7 Å². The van der Waals surface area contributed by atoms with Crippen molar-refractivity contribution in [1.29, 1.82) is 0 Å². The van der Waals surface area contributed by atoms with Crippen LogP contribution < -0.4 is 10.1 Å². The van der Waals surface area contributed by atoms with Crippen molar-refractivity contribution in [3.63, 3.8) is 0 Å². The Labute approximate surface area is 185 Å². The molecule has 0 atom stereocenters. The Balaban J connectivity index is 1.37. The van der Waals surface area contributed by atoms with Crippen LogP contribution in [0, 0.1) is 5.82 Å². The zero-order chi connectivity index (χ0) is 22.5. The van der Waals surface area contributed by atoms with Crippen LogP contribution >= 0.6 is 0 Å². The molecule has 168 valence electrons. The van der Waals surface area contributed by atoms with Gasteiger partial charge in [0.05, 0.1) is 18.8 Å². The van der Waals surface area contributed by atoms with Crippen LogP contribution in [0.2, 0.25) is 0 Å². The van der Waals surface area contributed by atoms with Crippen molar-refractivity contribution in [3.8, 4) is 6.01 Å². The number of aromatic nitrogens is 2. The first-order valence-electron chi connectivity index (χ1n) is 10.6. The van der Waals surface area contributed by atoms with E-state index in [1.165, 1.54) is 30.6 Å². The minimum Gasteiger partial charge on any atom is -0.462 e. The van der Waals surface area contributed by atoms with E-state index in [9.17, 15) is 14.0 Å². The van der Waals surface area contributed by atoms with Crippen LogP contribution in [0.15, 0.2) is 30.1 Å². The summed E-state index contributed by atoms with van der Waals surface area (Å²) in [5, 5.41) is 2.90. The highest BCUT2D eigenvalue weighted by atomic mass is 19.1. The van der Waals surface area contributed by atoms with Crippen LogP contribution in [0.5, 0.6) is 6.01 Å². The lowest BCUT2D eigenvalue weighted by Gasteiger charge is -2.26. The Morgan fingerprint density at radius 2 is 2.00 bits per heavy atom. The van der Waals surface area contributed by atoms with Gasteiger partial charge in [-0.1, -0.05) is 0 Å². The fourth-order valence-corrected chi connectivity index (χ4v) is 3.81. The predicted octanol–water partition coefficient (Wildman–Crippen LogP) is 1.69. The number of benzene rings is 1. The molecule has 1 fully saturated rings. The molecule has 1 saturated heterocycles. The lowest BCUT2D eigenvalue weighted by atomic mass is 9.87. The highest BCUT2D eigenvalue weighted by Crippen LogP contribution is 2.30. The smallest absolute Gasteiger partial charge is 0.316 e. The van der Waals surface area contributed by atoms with Gasteiger partial charge in [0.2, 0.25) is 0 Å². The molecule has 1 N–H and O–H groups in total. The highest BCUT2D eigenvalue weighted by molar-refractivity contribution is 6.25. The van der Waals surface area contributed by atoms with Crippen molar-refractivity contribution in [3.05, 3.63) is 52.6 Å². The molecule has 4 rings (SSSR count). The number of ketones is 2. The van der Waals surface area contributed by atoms with Gasteiger partial charge >= 0.3 is 6.01 Å². The average Bonchev–Trinajstić information content (AvgIpc) is 2.80. The molecule has 1 aromatic heterocycles. The standard InChI is InChI=1S/C23H25FN4O4/c1-25-20-11-17(24)9-16-10-19(22(30)12-18(16)20)21(29)8-15-13-26-23(27-14-15)32-7-4-28-2-5-31-6-3-28/h9-11,13-14,25H,2-8,12H2,1H3. The second kappa shape index (κ2) is 9.97. The van der Waals surface area contributed by atoms with Crippen LogP contribution in [-0.2, 0) is 27.2 Å². The van der Waals surface area contributed by atoms with E-state index in [0.29, 0.717) is 29.0 Å². The van der Waals surface area contributed by atoms with Gasteiger partial charge in [-0.15, -0.1) is 0 Å². The second-order valence-electron chi connectivity index (χ2n) is 7.71. The summed E-state index contributed by atoms with van der Waals surface area (Å²) in [6, 6.07) is 2.92. The van der Waals surface area contributed by atoms with Gasteiger partial charge in [0, 0.05) is 57.6 Å². The first-order chi connectivity index (χ1) is 15.5. The predicted molar refractivity (Wildman–Crippen MR) is 116 cm³/mol. The van der Waals surface area contributed by atoms with E-state index < -0.39 is 5.82 Å². The van der Waals surface area contributed by atoms with Crippen LogP contribution in [0.1, 0.15) is 16.7 Å². The summed E-state index contributed by atoms with van der Waals surface area (Å²) in [7, 11) is 1.67. The number of halogens is 1. The Hall–Kier alpha value is -3.17. The third-order valence-electron chi connectivity index (χ3n) is 5.55. The van der Waals surface area contributed by atoms with Gasteiger partial charge in [-0.3, -0.25) is 14.5 Å². The molecule has 0 unspecified atom stereocenters. The van der Waals surface area contributed by atoms with Crippen molar-refractivity contribution < 1.29 is 23.5 Å². The van der Waals surface area contributed by atoms with E-state index in [-0.39, 0.29) is 36.0 Å². The van der Waals surface area contributed by atoms with Crippen LogP contribution in [0.25, 0.3) is 6.08 Å². The molecule has 0 amide bonds. The summed E-state index contributed by atoms with van der Waals surface area (Å²) in [4.78, 5) is 35.9. The minimum atomic E-state index is -0.428. The summed E-state index contributed by atoms with van der Waals surface area (Å²) in [5.74, 6) is -1.06. The molecule has 2 aromatic rings. The zero-order valence-electron chi connectivity index (χ0n) is 17.9. The van der Waals surface area contributed by atoms with E-state index in [1.54, 1.807) is 7.05 Å². The van der Waals surface area contributed by atoms with Crippen LogP contribution in [0.4, 0.5) is 10.1 Å². The summed E-state index contributed by atoms with van der Waals surface area (Å²) in [6.07, 6.45) is 4.55. The normalized spacial score (nSPS) is 16.3. The van der Waals surface area contributed by atoms with E-state index >= 15 is 0 Å². The SMILES string of the molecule is CNc1cc(F)cc2c1CC(=O)C(C(=O)Cc1cnc(OCCN3CCOCC3)nc1)=C2. The number of morpholine rings is 1. The number of hydrogen-bond donors (Lipinski definition) is 1. The third kappa shape index (κ3) is 5.17. The number of nitrogens with one attached hydrogen (secondary N) is 1. The molecule has 2 aliphatic rings. The summed E-state index contributed by atoms with van der Waals surface area (Å²) < 4.78 is 24.8. The Bertz CT molecular complexity index is 1030. The van der Waals surface area contributed by atoms with Gasteiger partial charge in [-0.2, -0.15) is 0 Å². The van der Waals surface area contributed by atoms with Crippen molar-refractivity contribution in [2.75, 3.05) is 51.8 Å². The molecule has 0 spiro atoms.